The van der Waals surface area contributed by atoms with E-state index in [0.717, 1.165) is 26.2 Å². The number of unbranched alkanes of at least 4 members (excludes halogenated alkanes) is 4. The fourth-order valence-corrected chi connectivity index (χ4v) is 2.40. The van der Waals surface area contributed by atoms with Crippen LogP contribution < -0.4 is 0 Å². The summed E-state index contributed by atoms with van der Waals surface area (Å²) < 4.78 is 11.5. The van der Waals surface area contributed by atoms with Gasteiger partial charge < -0.3 is 9.47 Å². The SMILES string of the molecule is CCCCN(CCCC)COCOCN(CCCC)CCCC.[S]. The van der Waals surface area contributed by atoms with Gasteiger partial charge in [-0.25, -0.2) is 0 Å². The van der Waals surface area contributed by atoms with Crippen molar-refractivity contribution in [2.45, 2.75) is 79.1 Å². The van der Waals surface area contributed by atoms with Crippen molar-refractivity contribution in [3.8, 4) is 0 Å². The molecule has 0 atom stereocenters. The van der Waals surface area contributed by atoms with Gasteiger partial charge in [-0.15, -0.1) is 0 Å². The Hall–Kier alpha value is 0.190. The van der Waals surface area contributed by atoms with Crippen LogP contribution in [0.5, 0.6) is 0 Å². The molecule has 0 aliphatic heterocycles. The van der Waals surface area contributed by atoms with Crippen LogP contribution in [-0.4, -0.2) is 56.2 Å². The van der Waals surface area contributed by atoms with E-state index >= 15 is 0 Å². The predicted molar refractivity (Wildman–Crippen MR) is 107 cm³/mol. The Morgan fingerprint density at radius 2 is 0.833 bits per heavy atom. The zero-order valence-corrected chi connectivity index (χ0v) is 17.5. The molecule has 24 heavy (non-hydrogen) atoms. The minimum Gasteiger partial charge on any atom is -0.340 e. The molecule has 0 aromatic rings. The normalized spacial score (nSPS) is 11.2. The van der Waals surface area contributed by atoms with Crippen molar-refractivity contribution in [3.63, 3.8) is 0 Å². The molecule has 0 amide bonds. The Balaban J connectivity index is 0. The summed E-state index contributed by atoms with van der Waals surface area (Å²) in [5, 5.41) is 0. The molecule has 0 saturated carbocycles. The van der Waals surface area contributed by atoms with E-state index < -0.39 is 0 Å². The van der Waals surface area contributed by atoms with E-state index in [0.29, 0.717) is 20.3 Å². The van der Waals surface area contributed by atoms with Gasteiger partial charge in [0.2, 0.25) is 0 Å². The molecule has 5 heteroatoms. The highest BCUT2D eigenvalue weighted by Crippen LogP contribution is 2.01. The van der Waals surface area contributed by atoms with Crippen LogP contribution in [0.3, 0.4) is 0 Å². The summed E-state index contributed by atoms with van der Waals surface area (Å²) >= 11 is 0. The van der Waals surface area contributed by atoms with Gasteiger partial charge >= 0.3 is 0 Å². The average molecular weight is 363 g/mol. The lowest BCUT2D eigenvalue weighted by atomic mass is 10.3. The van der Waals surface area contributed by atoms with Gasteiger partial charge in [0.1, 0.15) is 20.3 Å². The quantitative estimate of drug-likeness (QED) is 0.242. The summed E-state index contributed by atoms with van der Waals surface area (Å²) in [7, 11) is 0. The summed E-state index contributed by atoms with van der Waals surface area (Å²) in [5.74, 6) is 0. The van der Waals surface area contributed by atoms with Gasteiger partial charge in [-0.05, 0) is 25.7 Å². The standard InChI is InChI=1S/C19H42N2O2.S/c1-5-9-13-20(14-10-6-2)17-22-19-23-18-21(15-11-7-3)16-12-8-4;/h5-19H2,1-4H3;. The number of rotatable bonds is 18. The van der Waals surface area contributed by atoms with Crippen LogP contribution in [0, 0.1) is 0 Å². The average Bonchev–Trinajstić information content (AvgIpc) is 2.57. The first-order chi connectivity index (χ1) is 11.3. The Bertz CT molecular complexity index is 195. The van der Waals surface area contributed by atoms with Gasteiger partial charge in [0.05, 0.1) is 0 Å². The zero-order valence-electron chi connectivity index (χ0n) is 16.7. The molecular formula is C19H42N2O2S. The maximum Gasteiger partial charge on any atom is 0.150 e. The predicted octanol–water partition coefficient (Wildman–Crippen LogP) is 5.34. The lowest BCUT2D eigenvalue weighted by Gasteiger charge is -2.23. The fourth-order valence-electron chi connectivity index (χ4n) is 2.40. The van der Waals surface area contributed by atoms with Crippen molar-refractivity contribution in [3.05, 3.63) is 0 Å². The third-order valence-electron chi connectivity index (χ3n) is 4.03. The molecule has 0 aliphatic rings. The van der Waals surface area contributed by atoms with E-state index in [4.69, 9.17) is 9.47 Å². The summed E-state index contributed by atoms with van der Waals surface area (Å²) in [6.07, 6.45) is 9.94. The van der Waals surface area contributed by atoms with Gasteiger partial charge in [0.15, 0.2) is 0 Å². The van der Waals surface area contributed by atoms with Crippen molar-refractivity contribution >= 4 is 13.5 Å². The Morgan fingerprint density at radius 1 is 0.542 bits per heavy atom. The maximum absolute atomic E-state index is 5.73. The van der Waals surface area contributed by atoms with Crippen LogP contribution >= 0.6 is 13.5 Å². The molecule has 0 rings (SSSR count). The Labute approximate surface area is 158 Å². The van der Waals surface area contributed by atoms with Gasteiger partial charge in [0.25, 0.3) is 0 Å². The molecule has 0 spiro atoms. The van der Waals surface area contributed by atoms with Gasteiger partial charge in [-0.1, -0.05) is 53.4 Å². The van der Waals surface area contributed by atoms with E-state index in [9.17, 15) is 0 Å². The number of hydrogen-bond acceptors (Lipinski definition) is 4. The minimum absolute atomic E-state index is 0. The smallest absolute Gasteiger partial charge is 0.150 e. The van der Waals surface area contributed by atoms with Crippen LogP contribution in [-0.2, 0) is 9.47 Å². The third kappa shape index (κ3) is 17.0. The largest absolute Gasteiger partial charge is 0.340 e. The first kappa shape index (κ1) is 26.4. The molecule has 0 aromatic heterocycles. The molecule has 0 aliphatic carbocycles. The lowest BCUT2D eigenvalue weighted by molar-refractivity contribution is -0.116. The van der Waals surface area contributed by atoms with Crippen LogP contribution in [0.25, 0.3) is 0 Å². The van der Waals surface area contributed by atoms with Crippen molar-refractivity contribution < 1.29 is 9.47 Å². The Morgan fingerprint density at radius 3 is 1.08 bits per heavy atom. The van der Waals surface area contributed by atoms with Crippen LogP contribution in [0.1, 0.15) is 79.1 Å². The second-order valence-electron chi connectivity index (χ2n) is 6.43. The van der Waals surface area contributed by atoms with Crippen molar-refractivity contribution in [1.29, 1.82) is 0 Å². The second-order valence-corrected chi connectivity index (χ2v) is 6.43. The highest BCUT2D eigenvalue weighted by molar-refractivity contribution is 7.59. The van der Waals surface area contributed by atoms with Gasteiger partial charge in [-0.3, -0.25) is 9.80 Å². The second kappa shape index (κ2) is 21.2. The first-order valence-electron chi connectivity index (χ1n) is 9.88. The summed E-state index contributed by atoms with van der Waals surface area (Å²) in [5.41, 5.74) is 0. The zero-order chi connectivity index (χ0) is 17.2. The van der Waals surface area contributed by atoms with Crippen molar-refractivity contribution in [1.82, 2.24) is 9.80 Å². The molecule has 0 aromatic carbocycles. The number of hydrogen-bond donors (Lipinski definition) is 0. The molecule has 0 N–H and O–H groups in total. The van der Waals surface area contributed by atoms with E-state index in [1.807, 2.05) is 0 Å². The molecule has 146 valence electrons. The molecule has 4 nitrogen and oxygen atoms in total. The van der Waals surface area contributed by atoms with E-state index in [1.54, 1.807) is 0 Å². The van der Waals surface area contributed by atoms with Crippen molar-refractivity contribution in [2.75, 3.05) is 46.4 Å². The lowest BCUT2D eigenvalue weighted by Crippen LogP contribution is -2.31. The molecule has 0 saturated heterocycles. The maximum atomic E-state index is 5.73. The topological polar surface area (TPSA) is 24.9 Å². The molecule has 2 radical (unpaired) electrons. The monoisotopic (exact) mass is 362 g/mol. The number of nitrogens with zero attached hydrogens (tertiary/aromatic N) is 2. The Kier molecular flexibility index (Phi) is 23.4. The highest BCUT2D eigenvalue weighted by atomic mass is 32.1. The third-order valence-corrected chi connectivity index (χ3v) is 4.03. The summed E-state index contributed by atoms with van der Waals surface area (Å²) in [6, 6.07) is 0. The minimum atomic E-state index is 0. The van der Waals surface area contributed by atoms with E-state index in [-0.39, 0.29) is 13.5 Å². The molecular weight excluding hydrogens is 320 g/mol. The van der Waals surface area contributed by atoms with E-state index in [2.05, 4.69) is 37.5 Å². The van der Waals surface area contributed by atoms with Crippen LogP contribution in [0.2, 0.25) is 0 Å². The summed E-state index contributed by atoms with van der Waals surface area (Å²) in [4.78, 5) is 4.81. The van der Waals surface area contributed by atoms with E-state index in [1.165, 1.54) is 51.4 Å². The highest BCUT2D eigenvalue weighted by Gasteiger charge is 2.06. The van der Waals surface area contributed by atoms with Crippen molar-refractivity contribution in [2.24, 2.45) is 0 Å². The summed E-state index contributed by atoms with van der Waals surface area (Å²) in [6.45, 7) is 15.3. The van der Waals surface area contributed by atoms with Gasteiger partial charge in [0, 0.05) is 39.7 Å². The number of ether oxygens (including phenoxy) is 2. The first-order valence-corrected chi connectivity index (χ1v) is 9.88. The molecule has 0 heterocycles. The van der Waals surface area contributed by atoms with Crippen LogP contribution in [0.15, 0.2) is 0 Å². The fraction of sp³-hybridized carbons (Fsp3) is 1.00. The van der Waals surface area contributed by atoms with Gasteiger partial charge in [-0.2, -0.15) is 0 Å². The molecule has 0 bridgehead atoms. The molecule has 0 fully saturated rings. The molecule has 0 unspecified atom stereocenters. The van der Waals surface area contributed by atoms with Crippen LogP contribution in [0.4, 0.5) is 0 Å².